The molecule has 3 saturated carbocycles. The second kappa shape index (κ2) is 9.19. The highest BCUT2D eigenvalue weighted by Crippen LogP contribution is 2.82. The van der Waals surface area contributed by atoms with E-state index in [0.29, 0.717) is 12.0 Å². The number of ketones is 1. The Bertz CT molecular complexity index is 1480. The SMILES string of the molecule is C/C=C(\C)C(=O)[C@H]1C[C@@H](OC(C)=O)[C@@]2(C(=O)OC)CO[C@H]3[C@@H](O)[C@@](C)([C@]45O[C@@]4(C)[C@H]4C[C@@H]5O[C@@H]5OC=C[C@@]54O)[C@@H]4[C@@H](O)OC[C@@]14[C@@H]32. The van der Waals surface area contributed by atoms with Crippen LogP contribution in [-0.2, 0) is 47.5 Å². The molecule has 4 saturated heterocycles. The lowest BCUT2D eigenvalue weighted by molar-refractivity contribution is -0.296. The van der Waals surface area contributed by atoms with Crippen molar-refractivity contribution in [3.8, 4) is 0 Å². The summed E-state index contributed by atoms with van der Waals surface area (Å²) in [5, 5.41) is 36.4. The maximum Gasteiger partial charge on any atom is 0.318 e. The summed E-state index contributed by atoms with van der Waals surface area (Å²) in [6, 6.07) is 0. The number of ether oxygens (including phenoxy) is 7. The van der Waals surface area contributed by atoms with Crippen LogP contribution in [0.15, 0.2) is 24.0 Å². The molecule has 0 aromatic carbocycles. The number of methoxy groups -OCH3 is 1. The number of allylic oxidation sites excluding steroid dienone is 2. The van der Waals surface area contributed by atoms with Crippen molar-refractivity contribution >= 4 is 17.7 Å². The van der Waals surface area contributed by atoms with Gasteiger partial charge >= 0.3 is 11.9 Å². The number of aliphatic hydroxyl groups is 3. The number of carbonyl (C=O) groups is 3. The molecule has 2 bridgehead atoms. The van der Waals surface area contributed by atoms with E-state index >= 15 is 0 Å². The number of hydrogen-bond acceptors (Lipinski definition) is 13. The fraction of sp³-hybridized carbons (Fsp3) is 0.788. The van der Waals surface area contributed by atoms with Crippen molar-refractivity contribution in [1.82, 2.24) is 0 Å². The molecule has 8 aliphatic rings. The molecule has 0 radical (unpaired) electrons. The number of epoxide rings is 1. The van der Waals surface area contributed by atoms with E-state index in [0.717, 1.165) is 0 Å². The zero-order chi connectivity index (χ0) is 33.0. The maximum atomic E-state index is 14.5. The Kier molecular flexibility index (Phi) is 6.17. The molecule has 7 fully saturated rings. The molecule has 3 N–H and O–H groups in total. The van der Waals surface area contributed by atoms with Crippen LogP contribution >= 0.6 is 0 Å². The number of rotatable bonds is 5. The molecule has 0 amide bonds. The molecule has 0 unspecified atom stereocenters. The second-order valence-corrected chi connectivity index (χ2v) is 15.0. The van der Waals surface area contributed by atoms with Gasteiger partial charge in [0.05, 0.1) is 44.9 Å². The van der Waals surface area contributed by atoms with E-state index in [1.165, 1.54) is 20.3 Å². The van der Waals surface area contributed by atoms with Crippen molar-refractivity contribution in [2.24, 2.45) is 39.9 Å². The number of aliphatic hydroxyl groups excluding tert-OH is 2. The van der Waals surface area contributed by atoms with Crippen LogP contribution in [0.4, 0.5) is 0 Å². The summed E-state index contributed by atoms with van der Waals surface area (Å²) in [4.78, 5) is 41.0. The summed E-state index contributed by atoms with van der Waals surface area (Å²) in [5.74, 6) is -4.90. The number of carbonyl (C=O) groups excluding carboxylic acids is 3. The van der Waals surface area contributed by atoms with Gasteiger partial charge in [-0.25, -0.2) is 0 Å². The summed E-state index contributed by atoms with van der Waals surface area (Å²) in [7, 11) is 1.24. The molecule has 16 atom stereocenters. The van der Waals surface area contributed by atoms with Crippen LogP contribution in [0.3, 0.4) is 0 Å². The lowest BCUT2D eigenvalue weighted by atomic mass is 9.36. The molecule has 8 rings (SSSR count). The number of hydrogen-bond donors (Lipinski definition) is 3. The van der Waals surface area contributed by atoms with Crippen LogP contribution < -0.4 is 0 Å². The van der Waals surface area contributed by atoms with Gasteiger partial charge in [0, 0.05) is 41.4 Å². The summed E-state index contributed by atoms with van der Waals surface area (Å²) >= 11 is 0. The fourth-order valence-corrected chi connectivity index (χ4v) is 12.0. The van der Waals surface area contributed by atoms with Crippen molar-refractivity contribution in [2.75, 3.05) is 20.3 Å². The monoisotopic (exact) mass is 646 g/mol. The predicted molar refractivity (Wildman–Crippen MR) is 152 cm³/mol. The Morgan fingerprint density at radius 1 is 1.04 bits per heavy atom. The highest BCUT2D eigenvalue weighted by atomic mass is 16.7. The highest BCUT2D eigenvalue weighted by molar-refractivity contribution is 5.98. The van der Waals surface area contributed by atoms with Gasteiger partial charge in [0.2, 0.25) is 6.29 Å². The third kappa shape index (κ3) is 3.03. The standard InChI is InChI=1S/C33H42O13/c1-7-14(2)20(35)16-10-18(44-15(3)34)31(26(38)40-6)13-42-21-22(31)30(16)12-43-25(37)23(30)28(4,24(21)36)33-19-11-17(29(33,5)46-33)32(39)8-9-41-27(32)45-19/h7-9,16-19,21-25,27,36-37,39H,10-13H2,1-6H3/b14-7+/t16-,17-,18-,19+,21-,22-,23+,24-,25+,27+,28+,29+,30+,31+,32+,33+/m1/s1. The van der Waals surface area contributed by atoms with E-state index in [-0.39, 0.29) is 25.4 Å². The van der Waals surface area contributed by atoms with Crippen molar-refractivity contribution in [3.63, 3.8) is 0 Å². The van der Waals surface area contributed by atoms with E-state index in [1.54, 1.807) is 26.0 Å². The van der Waals surface area contributed by atoms with E-state index in [9.17, 15) is 29.7 Å². The molecule has 0 aromatic heterocycles. The molecule has 5 heterocycles. The molecule has 1 spiro atoms. The van der Waals surface area contributed by atoms with Crippen molar-refractivity contribution in [2.45, 2.75) is 101 Å². The zero-order valence-corrected chi connectivity index (χ0v) is 26.8. The van der Waals surface area contributed by atoms with Crippen LogP contribution in [0, 0.1) is 39.9 Å². The lowest BCUT2D eigenvalue weighted by Gasteiger charge is -2.65. The Morgan fingerprint density at radius 2 is 1.78 bits per heavy atom. The number of Topliss-reactive ketones (excluding diaryl/α,β-unsaturated/α-hetero) is 1. The Hall–Kier alpha value is -2.39. The van der Waals surface area contributed by atoms with Crippen LogP contribution in [0.25, 0.3) is 0 Å². The van der Waals surface area contributed by atoms with E-state index in [4.69, 9.17) is 33.2 Å². The molecule has 13 heteroatoms. The Balaban J connectivity index is 1.36. The van der Waals surface area contributed by atoms with Crippen LogP contribution in [-0.4, -0.2) is 107 Å². The third-order valence-electron chi connectivity index (χ3n) is 13.8. The summed E-state index contributed by atoms with van der Waals surface area (Å²) < 4.78 is 42.6. The average Bonchev–Trinajstić information content (AvgIpc) is 3.41. The smallest absolute Gasteiger partial charge is 0.318 e. The minimum Gasteiger partial charge on any atom is -0.469 e. The Labute approximate surface area is 266 Å². The summed E-state index contributed by atoms with van der Waals surface area (Å²) in [6.07, 6.45) is -1.66. The van der Waals surface area contributed by atoms with Crippen molar-refractivity contribution in [3.05, 3.63) is 24.0 Å². The maximum absolute atomic E-state index is 14.5. The van der Waals surface area contributed by atoms with Gasteiger partial charge in [-0.05, 0) is 45.3 Å². The van der Waals surface area contributed by atoms with Crippen LogP contribution in [0.5, 0.6) is 0 Å². The van der Waals surface area contributed by atoms with E-state index in [2.05, 4.69) is 0 Å². The molecule has 5 aliphatic heterocycles. The minimum absolute atomic E-state index is 0.0574. The van der Waals surface area contributed by atoms with Gasteiger partial charge in [-0.15, -0.1) is 0 Å². The van der Waals surface area contributed by atoms with Gasteiger partial charge < -0.3 is 48.5 Å². The molecule has 46 heavy (non-hydrogen) atoms. The van der Waals surface area contributed by atoms with Gasteiger partial charge in [0.25, 0.3) is 0 Å². The molecule has 13 nitrogen and oxygen atoms in total. The highest BCUT2D eigenvalue weighted by Gasteiger charge is 2.95. The third-order valence-corrected chi connectivity index (χ3v) is 13.8. The number of esters is 2. The first-order valence-electron chi connectivity index (χ1n) is 16.1. The molecular weight excluding hydrogens is 604 g/mol. The first-order chi connectivity index (χ1) is 21.7. The fourth-order valence-electron chi connectivity index (χ4n) is 12.0. The number of fused-ring (bicyclic) bond motifs is 7. The topological polar surface area (TPSA) is 180 Å². The van der Waals surface area contributed by atoms with E-state index in [1.807, 2.05) is 13.8 Å². The molecule has 252 valence electrons. The minimum atomic E-state index is -1.60. The van der Waals surface area contributed by atoms with Gasteiger partial charge in [0.15, 0.2) is 17.7 Å². The summed E-state index contributed by atoms with van der Waals surface area (Å²) in [5.41, 5.74) is -7.62. The first kappa shape index (κ1) is 30.9. The second-order valence-electron chi connectivity index (χ2n) is 15.0. The summed E-state index contributed by atoms with van der Waals surface area (Å²) in [6.45, 7) is 7.99. The first-order valence-corrected chi connectivity index (χ1v) is 16.1. The van der Waals surface area contributed by atoms with Crippen molar-refractivity contribution in [1.29, 1.82) is 0 Å². The van der Waals surface area contributed by atoms with E-state index < -0.39 is 106 Å². The zero-order valence-electron chi connectivity index (χ0n) is 26.8. The van der Waals surface area contributed by atoms with Gasteiger partial charge in [-0.2, -0.15) is 0 Å². The Morgan fingerprint density at radius 3 is 2.46 bits per heavy atom. The largest absolute Gasteiger partial charge is 0.469 e. The average molecular weight is 647 g/mol. The van der Waals surface area contributed by atoms with Gasteiger partial charge in [0.1, 0.15) is 22.7 Å². The lowest BCUT2D eigenvalue weighted by Crippen LogP contribution is -2.76. The van der Waals surface area contributed by atoms with Gasteiger partial charge in [-0.3, -0.25) is 14.4 Å². The van der Waals surface area contributed by atoms with Crippen molar-refractivity contribution < 1.29 is 62.9 Å². The molecular formula is C33H42O13. The predicted octanol–water partition coefficient (Wildman–Crippen LogP) is 0.527. The molecule has 3 aliphatic carbocycles. The quantitative estimate of drug-likeness (QED) is 0.214. The van der Waals surface area contributed by atoms with Crippen LogP contribution in [0.2, 0.25) is 0 Å². The van der Waals surface area contributed by atoms with Gasteiger partial charge in [-0.1, -0.05) is 13.0 Å². The van der Waals surface area contributed by atoms with Crippen LogP contribution in [0.1, 0.15) is 47.5 Å². The molecule has 0 aromatic rings. The normalized spacial score (nSPS) is 57.1.